The second kappa shape index (κ2) is 5.48. The summed E-state index contributed by atoms with van der Waals surface area (Å²) in [5.74, 6) is 0. The summed E-state index contributed by atoms with van der Waals surface area (Å²) in [4.78, 5) is 9.37. The van der Waals surface area contributed by atoms with E-state index in [2.05, 4.69) is 20.1 Å². The number of nitrogens with zero attached hydrogens (tertiary/aromatic N) is 3. The monoisotopic (exact) mass is 306 g/mol. The molecule has 2 fully saturated rings. The summed E-state index contributed by atoms with van der Waals surface area (Å²) in [5, 5.41) is 4.13. The van der Waals surface area contributed by atoms with Gasteiger partial charge in [0, 0.05) is 43.8 Å². The zero-order valence-electron chi connectivity index (χ0n) is 11.9. The molecule has 1 atom stereocenters. The number of aromatic nitrogens is 1. The molecule has 0 radical (unpaired) electrons. The predicted octanol–water partition coefficient (Wildman–Crippen LogP) is 1.97. The molecule has 0 spiro atoms. The number of halogens is 1. The highest BCUT2D eigenvalue weighted by atomic mass is 35.5. The van der Waals surface area contributed by atoms with Gasteiger partial charge in [-0.15, -0.1) is 0 Å². The molecule has 2 aliphatic rings. The van der Waals surface area contributed by atoms with Crippen molar-refractivity contribution in [2.75, 3.05) is 44.2 Å². The number of rotatable bonds is 2. The summed E-state index contributed by atoms with van der Waals surface area (Å²) < 4.78 is 5.85. The van der Waals surface area contributed by atoms with Crippen molar-refractivity contribution in [3.8, 4) is 0 Å². The van der Waals surface area contributed by atoms with Crippen LogP contribution in [0.15, 0.2) is 22.6 Å². The van der Waals surface area contributed by atoms with Crippen molar-refractivity contribution in [1.29, 1.82) is 0 Å². The Morgan fingerprint density at radius 1 is 1.24 bits per heavy atom. The minimum atomic E-state index is 0.695. The molecule has 1 aromatic carbocycles. The van der Waals surface area contributed by atoms with Crippen LogP contribution < -0.4 is 10.2 Å². The number of nitrogens with one attached hydrogen (secondary N) is 1. The van der Waals surface area contributed by atoms with Gasteiger partial charge in [0.05, 0.1) is 0 Å². The lowest BCUT2D eigenvalue weighted by Gasteiger charge is -2.37. The molecule has 21 heavy (non-hydrogen) atoms. The molecule has 1 aromatic heterocycles. The van der Waals surface area contributed by atoms with Gasteiger partial charge in [-0.05, 0) is 31.2 Å². The van der Waals surface area contributed by atoms with Crippen LogP contribution in [0.5, 0.6) is 0 Å². The number of hydrogen-bond donors (Lipinski definition) is 1. The molecule has 0 bridgehead atoms. The Morgan fingerprint density at radius 3 is 2.86 bits per heavy atom. The number of piperazine rings is 1. The van der Waals surface area contributed by atoms with E-state index in [-0.39, 0.29) is 0 Å². The Bertz CT molecular complexity index is 630. The van der Waals surface area contributed by atoms with E-state index in [1.807, 2.05) is 18.2 Å². The average molecular weight is 307 g/mol. The van der Waals surface area contributed by atoms with Crippen molar-refractivity contribution in [3.63, 3.8) is 0 Å². The Labute approximate surface area is 128 Å². The number of fused-ring (bicyclic) bond motifs is 1. The van der Waals surface area contributed by atoms with Gasteiger partial charge in [0.2, 0.25) is 0 Å². The van der Waals surface area contributed by atoms with Gasteiger partial charge in [-0.3, -0.25) is 4.90 Å². The van der Waals surface area contributed by atoms with E-state index in [0.717, 1.165) is 56.4 Å². The van der Waals surface area contributed by atoms with Crippen LogP contribution in [0.25, 0.3) is 11.1 Å². The maximum absolute atomic E-state index is 6.00. The first kappa shape index (κ1) is 13.4. The van der Waals surface area contributed by atoms with Crippen molar-refractivity contribution in [2.45, 2.75) is 12.5 Å². The lowest BCUT2D eigenvalue weighted by atomic mass is 10.2. The highest BCUT2D eigenvalue weighted by Crippen LogP contribution is 2.25. The van der Waals surface area contributed by atoms with E-state index in [0.29, 0.717) is 11.1 Å². The molecule has 0 unspecified atom stereocenters. The molecule has 4 rings (SSSR count). The molecule has 5 nitrogen and oxygen atoms in total. The van der Waals surface area contributed by atoms with Gasteiger partial charge in [-0.25, -0.2) is 0 Å². The lowest BCUT2D eigenvalue weighted by molar-refractivity contribution is 0.194. The molecule has 0 aliphatic carbocycles. The molecule has 2 saturated heterocycles. The predicted molar refractivity (Wildman–Crippen MR) is 84.1 cm³/mol. The first-order valence-electron chi connectivity index (χ1n) is 7.55. The topological polar surface area (TPSA) is 44.5 Å². The fourth-order valence-corrected chi connectivity index (χ4v) is 3.42. The molecule has 0 saturated carbocycles. The summed E-state index contributed by atoms with van der Waals surface area (Å²) in [6, 6.07) is 6.99. The largest absolute Gasteiger partial charge is 0.423 e. The highest BCUT2D eigenvalue weighted by molar-refractivity contribution is 6.31. The lowest BCUT2D eigenvalue weighted by Crippen LogP contribution is -2.51. The van der Waals surface area contributed by atoms with Gasteiger partial charge in [0.15, 0.2) is 5.58 Å². The molecule has 2 aromatic rings. The Kier molecular flexibility index (Phi) is 3.49. The SMILES string of the molecule is Clc1ccc2oc(N3CCN([C@H]4CCNC4)CC3)nc2c1. The van der Waals surface area contributed by atoms with E-state index in [9.17, 15) is 0 Å². The van der Waals surface area contributed by atoms with Gasteiger partial charge in [0.1, 0.15) is 5.52 Å². The zero-order chi connectivity index (χ0) is 14.2. The van der Waals surface area contributed by atoms with Gasteiger partial charge >= 0.3 is 0 Å². The second-order valence-electron chi connectivity index (χ2n) is 5.78. The van der Waals surface area contributed by atoms with Crippen LogP contribution in [0, 0.1) is 0 Å². The average Bonchev–Trinajstić information content (AvgIpc) is 3.16. The number of benzene rings is 1. The zero-order valence-corrected chi connectivity index (χ0v) is 12.6. The molecule has 6 heteroatoms. The van der Waals surface area contributed by atoms with E-state index < -0.39 is 0 Å². The van der Waals surface area contributed by atoms with Crippen molar-refractivity contribution in [2.24, 2.45) is 0 Å². The fraction of sp³-hybridized carbons (Fsp3) is 0.533. The standard InChI is InChI=1S/C15H19ClN4O/c16-11-1-2-14-13(9-11)18-15(21-14)20-7-5-19(6-8-20)12-3-4-17-10-12/h1-2,9,12,17H,3-8,10H2/t12-/m0/s1. The van der Waals surface area contributed by atoms with Crippen molar-refractivity contribution >= 4 is 28.7 Å². The molecular weight excluding hydrogens is 288 g/mol. The third-order valence-corrected chi connectivity index (χ3v) is 4.71. The van der Waals surface area contributed by atoms with Crippen LogP contribution >= 0.6 is 11.6 Å². The maximum Gasteiger partial charge on any atom is 0.298 e. The van der Waals surface area contributed by atoms with E-state index in [1.54, 1.807) is 0 Å². The van der Waals surface area contributed by atoms with Crippen LogP contribution in [-0.2, 0) is 0 Å². The minimum Gasteiger partial charge on any atom is -0.423 e. The van der Waals surface area contributed by atoms with Crippen LogP contribution in [0.3, 0.4) is 0 Å². The van der Waals surface area contributed by atoms with Gasteiger partial charge in [-0.1, -0.05) is 11.6 Å². The van der Waals surface area contributed by atoms with Gasteiger partial charge < -0.3 is 14.6 Å². The Morgan fingerprint density at radius 2 is 2.10 bits per heavy atom. The summed E-state index contributed by atoms with van der Waals surface area (Å²) >= 11 is 6.00. The summed E-state index contributed by atoms with van der Waals surface area (Å²) in [6.45, 7) is 6.37. The highest BCUT2D eigenvalue weighted by Gasteiger charge is 2.27. The van der Waals surface area contributed by atoms with E-state index in [1.165, 1.54) is 6.42 Å². The summed E-state index contributed by atoms with van der Waals surface area (Å²) in [5.41, 5.74) is 1.64. The van der Waals surface area contributed by atoms with Crippen LogP contribution in [0.2, 0.25) is 5.02 Å². The minimum absolute atomic E-state index is 0.695. The van der Waals surface area contributed by atoms with Crippen LogP contribution in [0.4, 0.5) is 6.01 Å². The number of oxazole rings is 1. The molecule has 1 N–H and O–H groups in total. The smallest absolute Gasteiger partial charge is 0.298 e. The van der Waals surface area contributed by atoms with Gasteiger partial charge in [0.25, 0.3) is 6.01 Å². The third-order valence-electron chi connectivity index (χ3n) is 4.47. The molecular formula is C15H19ClN4O. The Hall–Kier alpha value is -1.30. The van der Waals surface area contributed by atoms with Crippen molar-refractivity contribution < 1.29 is 4.42 Å². The molecule has 0 amide bonds. The normalized spacial score (nSPS) is 24.0. The van der Waals surface area contributed by atoms with E-state index >= 15 is 0 Å². The van der Waals surface area contributed by atoms with Crippen molar-refractivity contribution in [1.82, 2.24) is 15.2 Å². The Balaban J connectivity index is 1.46. The van der Waals surface area contributed by atoms with Gasteiger partial charge in [-0.2, -0.15) is 4.98 Å². The second-order valence-corrected chi connectivity index (χ2v) is 6.21. The van der Waals surface area contributed by atoms with Crippen molar-refractivity contribution in [3.05, 3.63) is 23.2 Å². The number of hydrogen-bond acceptors (Lipinski definition) is 5. The first-order chi connectivity index (χ1) is 10.3. The first-order valence-corrected chi connectivity index (χ1v) is 7.93. The number of anilines is 1. The van der Waals surface area contributed by atoms with Crippen LogP contribution in [-0.4, -0.2) is 55.2 Å². The van der Waals surface area contributed by atoms with Crippen LogP contribution in [0.1, 0.15) is 6.42 Å². The maximum atomic E-state index is 6.00. The fourth-order valence-electron chi connectivity index (χ4n) is 3.25. The molecule has 112 valence electrons. The third kappa shape index (κ3) is 2.61. The summed E-state index contributed by atoms with van der Waals surface area (Å²) in [7, 11) is 0. The molecule has 2 aliphatic heterocycles. The van der Waals surface area contributed by atoms with E-state index in [4.69, 9.17) is 16.0 Å². The quantitative estimate of drug-likeness (QED) is 0.919. The molecule has 3 heterocycles. The summed E-state index contributed by atoms with van der Waals surface area (Å²) in [6.07, 6.45) is 1.27.